The van der Waals surface area contributed by atoms with E-state index in [1.54, 1.807) is 0 Å². The Morgan fingerprint density at radius 2 is 1.91 bits per heavy atom. The third-order valence-corrected chi connectivity index (χ3v) is 1.73. The van der Waals surface area contributed by atoms with Crippen LogP contribution in [-0.2, 0) is 4.74 Å². The zero-order chi connectivity index (χ0) is 8.43. The Kier molecular flexibility index (Phi) is 2.80. The van der Waals surface area contributed by atoms with Crippen molar-refractivity contribution in [3.05, 3.63) is 0 Å². The summed E-state index contributed by atoms with van der Waals surface area (Å²) < 4.78 is 4.71. The molecule has 4 N–H and O–H groups in total. The lowest BCUT2D eigenvalue weighted by atomic mass is 10.0. The van der Waals surface area contributed by atoms with Crippen LogP contribution in [-0.4, -0.2) is 51.6 Å². The predicted molar refractivity (Wildman–Crippen MR) is 34.6 cm³/mol. The normalized spacial score (nSPS) is 45.8. The van der Waals surface area contributed by atoms with E-state index in [4.69, 9.17) is 25.2 Å². The van der Waals surface area contributed by atoms with Gasteiger partial charge in [0.15, 0.2) is 6.29 Å². The number of hydrogen-bond donors (Lipinski definition) is 4. The summed E-state index contributed by atoms with van der Waals surface area (Å²) >= 11 is 0. The smallest absolute Gasteiger partial charge is 0.183 e. The third-order valence-electron chi connectivity index (χ3n) is 1.73. The van der Waals surface area contributed by atoms with Crippen molar-refractivity contribution >= 4 is 0 Å². The lowest BCUT2D eigenvalue weighted by molar-refractivity contribution is -0.251. The van der Waals surface area contributed by atoms with Crippen LogP contribution in [0, 0.1) is 0 Å². The molecule has 0 aliphatic carbocycles. The molecular formula is C6H12O5. The molecule has 0 saturated carbocycles. The Bertz CT molecular complexity index is 116. The van der Waals surface area contributed by atoms with E-state index in [0.717, 1.165) is 0 Å². The molecule has 1 heterocycles. The Balaban J connectivity index is 2.47. The van der Waals surface area contributed by atoms with Gasteiger partial charge in [-0.25, -0.2) is 0 Å². The van der Waals surface area contributed by atoms with Crippen molar-refractivity contribution in [3.8, 4) is 0 Å². The van der Waals surface area contributed by atoms with Crippen LogP contribution in [0.15, 0.2) is 0 Å². The number of aliphatic hydroxyl groups excluding tert-OH is 4. The average Bonchev–Trinajstić information content (AvgIpc) is 1.99. The van der Waals surface area contributed by atoms with E-state index < -0.39 is 24.6 Å². The van der Waals surface area contributed by atoms with E-state index in [0.29, 0.717) is 0 Å². The van der Waals surface area contributed by atoms with Crippen molar-refractivity contribution in [1.29, 1.82) is 0 Å². The first-order valence-electron chi connectivity index (χ1n) is 3.45. The van der Waals surface area contributed by atoms with Crippen molar-refractivity contribution in [3.63, 3.8) is 0 Å². The molecule has 1 aliphatic heterocycles. The monoisotopic (exact) mass is 164 g/mol. The predicted octanol–water partition coefficient (Wildman–Crippen LogP) is -2.19. The van der Waals surface area contributed by atoms with Gasteiger partial charge in [-0.15, -0.1) is 0 Å². The maximum atomic E-state index is 9.05. The van der Waals surface area contributed by atoms with Crippen molar-refractivity contribution in [2.75, 3.05) is 6.61 Å². The van der Waals surface area contributed by atoms with Crippen molar-refractivity contribution in [2.45, 2.75) is 31.0 Å². The summed E-state index contributed by atoms with van der Waals surface area (Å²) in [7, 11) is 0. The highest BCUT2D eigenvalue weighted by molar-refractivity contribution is 4.79. The van der Waals surface area contributed by atoms with E-state index >= 15 is 0 Å². The first-order valence-corrected chi connectivity index (χ1v) is 3.45. The van der Waals surface area contributed by atoms with E-state index in [1.807, 2.05) is 0 Å². The summed E-state index contributed by atoms with van der Waals surface area (Å²) in [4.78, 5) is 0. The molecule has 4 atom stereocenters. The molecule has 0 amide bonds. The molecule has 11 heavy (non-hydrogen) atoms. The largest absolute Gasteiger partial charge is 0.394 e. The Morgan fingerprint density at radius 3 is 2.36 bits per heavy atom. The van der Waals surface area contributed by atoms with E-state index in [9.17, 15) is 0 Å². The van der Waals surface area contributed by atoms with Gasteiger partial charge in [0.05, 0.1) is 18.8 Å². The molecular weight excluding hydrogens is 152 g/mol. The van der Waals surface area contributed by atoms with E-state index in [1.165, 1.54) is 0 Å². The maximum absolute atomic E-state index is 9.05. The molecule has 1 fully saturated rings. The zero-order valence-corrected chi connectivity index (χ0v) is 5.92. The molecule has 1 unspecified atom stereocenters. The minimum Gasteiger partial charge on any atom is -0.394 e. The molecule has 0 aromatic heterocycles. The van der Waals surface area contributed by atoms with Crippen molar-refractivity contribution in [1.82, 2.24) is 0 Å². The number of hydrogen-bond acceptors (Lipinski definition) is 5. The van der Waals surface area contributed by atoms with Gasteiger partial charge < -0.3 is 25.2 Å². The SMILES string of the molecule is OC[C@@H]1C[C@H](O)[C@@H](O)C(O)O1. The standard InChI is InChI=1S/C6H12O5/c7-2-3-1-4(8)5(9)6(10)11-3/h3-10H,1-2H2/t3-,4-,5+,6?/m0/s1. The van der Waals surface area contributed by atoms with Gasteiger partial charge in [-0.1, -0.05) is 0 Å². The topological polar surface area (TPSA) is 90.2 Å². The lowest BCUT2D eigenvalue weighted by Gasteiger charge is -2.33. The fourth-order valence-corrected chi connectivity index (χ4v) is 1.05. The molecule has 1 rings (SSSR count). The molecule has 1 aliphatic rings. The zero-order valence-electron chi connectivity index (χ0n) is 5.92. The van der Waals surface area contributed by atoms with Crippen LogP contribution < -0.4 is 0 Å². The summed E-state index contributed by atoms with van der Waals surface area (Å²) in [6.45, 7) is -0.263. The van der Waals surface area contributed by atoms with Crippen molar-refractivity contribution < 1.29 is 25.2 Å². The molecule has 5 heteroatoms. The minimum absolute atomic E-state index is 0.148. The van der Waals surface area contributed by atoms with Gasteiger partial charge in [-0.3, -0.25) is 0 Å². The molecule has 0 bridgehead atoms. The summed E-state index contributed by atoms with van der Waals surface area (Å²) in [5, 5.41) is 35.5. The van der Waals surface area contributed by atoms with Gasteiger partial charge >= 0.3 is 0 Å². The first kappa shape index (κ1) is 8.89. The second-order valence-corrected chi connectivity index (χ2v) is 2.62. The number of ether oxygens (including phenoxy) is 1. The fourth-order valence-electron chi connectivity index (χ4n) is 1.05. The van der Waals surface area contributed by atoms with Crippen LogP contribution in [0.3, 0.4) is 0 Å². The van der Waals surface area contributed by atoms with Crippen LogP contribution in [0.4, 0.5) is 0 Å². The summed E-state index contributed by atoms with van der Waals surface area (Å²) in [6.07, 6.45) is -4.11. The third kappa shape index (κ3) is 1.88. The van der Waals surface area contributed by atoms with Gasteiger partial charge in [-0.2, -0.15) is 0 Å². The van der Waals surface area contributed by atoms with Crippen molar-refractivity contribution in [2.24, 2.45) is 0 Å². The fraction of sp³-hybridized carbons (Fsp3) is 1.00. The van der Waals surface area contributed by atoms with E-state index in [2.05, 4.69) is 0 Å². The quantitative estimate of drug-likeness (QED) is 0.353. The number of aliphatic hydroxyl groups is 4. The van der Waals surface area contributed by atoms with E-state index in [-0.39, 0.29) is 13.0 Å². The minimum atomic E-state index is -1.39. The first-order chi connectivity index (χ1) is 5.15. The molecule has 0 aromatic carbocycles. The van der Waals surface area contributed by atoms with Gasteiger partial charge in [0, 0.05) is 6.42 Å². The molecule has 1 saturated heterocycles. The van der Waals surface area contributed by atoms with Crippen LogP contribution in [0.5, 0.6) is 0 Å². The van der Waals surface area contributed by atoms with Gasteiger partial charge in [0.1, 0.15) is 6.10 Å². The molecule has 5 nitrogen and oxygen atoms in total. The second kappa shape index (κ2) is 3.46. The van der Waals surface area contributed by atoms with Gasteiger partial charge in [-0.05, 0) is 0 Å². The Hall–Kier alpha value is -0.200. The highest BCUT2D eigenvalue weighted by Crippen LogP contribution is 2.17. The summed E-state index contributed by atoms with van der Waals surface area (Å²) in [5.41, 5.74) is 0. The lowest BCUT2D eigenvalue weighted by Crippen LogP contribution is -2.49. The molecule has 0 spiro atoms. The number of rotatable bonds is 1. The van der Waals surface area contributed by atoms with Crippen LogP contribution in [0.25, 0.3) is 0 Å². The summed E-state index contributed by atoms with van der Waals surface area (Å²) in [5.74, 6) is 0. The van der Waals surface area contributed by atoms with Gasteiger partial charge in [0.2, 0.25) is 0 Å². The second-order valence-electron chi connectivity index (χ2n) is 2.62. The molecule has 66 valence electrons. The molecule has 0 radical (unpaired) electrons. The Morgan fingerprint density at radius 1 is 1.27 bits per heavy atom. The highest BCUT2D eigenvalue weighted by atomic mass is 16.6. The maximum Gasteiger partial charge on any atom is 0.183 e. The highest BCUT2D eigenvalue weighted by Gasteiger charge is 2.34. The average molecular weight is 164 g/mol. The Labute approximate surface area is 63.8 Å². The molecule has 0 aromatic rings. The van der Waals surface area contributed by atoms with Crippen LogP contribution >= 0.6 is 0 Å². The summed E-state index contributed by atoms with van der Waals surface area (Å²) in [6, 6.07) is 0. The van der Waals surface area contributed by atoms with Crippen LogP contribution in [0.1, 0.15) is 6.42 Å². The van der Waals surface area contributed by atoms with Gasteiger partial charge in [0.25, 0.3) is 0 Å². The van der Waals surface area contributed by atoms with Crippen LogP contribution in [0.2, 0.25) is 0 Å².